The van der Waals surface area contributed by atoms with E-state index in [1.54, 1.807) is 30.3 Å². The molecule has 13 heteroatoms. The van der Waals surface area contributed by atoms with Crippen LogP contribution in [0.25, 0.3) is 22.8 Å². The zero-order valence-electron chi connectivity index (χ0n) is 22.1. The predicted octanol–water partition coefficient (Wildman–Crippen LogP) is 7.05. The van der Waals surface area contributed by atoms with Gasteiger partial charge in [-0.1, -0.05) is 72.9 Å². The first-order chi connectivity index (χ1) is 20.6. The van der Waals surface area contributed by atoms with E-state index < -0.39 is 29.0 Å². The van der Waals surface area contributed by atoms with Gasteiger partial charge in [-0.15, -0.1) is 6.07 Å². The zero-order chi connectivity index (χ0) is 30.0. The average Bonchev–Trinajstić information content (AvgIpc) is 3.75. The van der Waals surface area contributed by atoms with Crippen LogP contribution >= 0.6 is 0 Å². The van der Waals surface area contributed by atoms with E-state index in [0.29, 0.717) is 11.4 Å². The summed E-state index contributed by atoms with van der Waals surface area (Å²) >= 11 is 0. The second-order valence-corrected chi connectivity index (χ2v) is 9.84. The van der Waals surface area contributed by atoms with E-state index in [4.69, 9.17) is 9.97 Å². The molecule has 0 aliphatic heterocycles. The minimum absolute atomic E-state index is 0. The molecular formula is C31H17F6N6Pt-. The topological polar surface area (TPSA) is 61.4 Å². The Morgan fingerprint density at radius 1 is 0.659 bits per heavy atom. The van der Waals surface area contributed by atoms with E-state index in [2.05, 4.69) is 16.4 Å². The summed E-state index contributed by atoms with van der Waals surface area (Å²) in [6.07, 6.45) is -5.17. The van der Waals surface area contributed by atoms with Gasteiger partial charge in [0.15, 0.2) is 5.82 Å². The number of alkyl halides is 6. The van der Waals surface area contributed by atoms with Crippen molar-refractivity contribution in [1.29, 1.82) is 0 Å². The van der Waals surface area contributed by atoms with Crippen molar-refractivity contribution >= 4 is 0 Å². The number of pyridine rings is 2. The Morgan fingerprint density at radius 2 is 1.23 bits per heavy atom. The first-order valence-electron chi connectivity index (χ1n) is 12.9. The molecule has 0 saturated heterocycles. The van der Waals surface area contributed by atoms with Crippen molar-refractivity contribution in [2.45, 2.75) is 17.8 Å². The van der Waals surface area contributed by atoms with Crippen LogP contribution in [0.4, 0.5) is 26.3 Å². The van der Waals surface area contributed by atoms with Gasteiger partial charge in [-0.05, 0) is 40.5 Å². The number of aromatic nitrogens is 6. The Kier molecular flexibility index (Phi) is 7.07. The van der Waals surface area contributed by atoms with Crippen molar-refractivity contribution in [3.8, 4) is 22.8 Å². The average molecular weight is 783 g/mol. The van der Waals surface area contributed by atoms with E-state index in [1.807, 2.05) is 48.5 Å². The van der Waals surface area contributed by atoms with Gasteiger partial charge in [-0.25, -0.2) is 9.67 Å². The van der Waals surface area contributed by atoms with Crippen LogP contribution in [0.15, 0.2) is 103 Å². The fourth-order valence-corrected chi connectivity index (χ4v) is 5.57. The number of nitrogens with zero attached hydrogens (tertiary/aromatic N) is 6. The largest absolute Gasteiger partial charge is 0.419 e. The second kappa shape index (κ2) is 10.6. The summed E-state index contributed by atoms with van der Waals surface area (Å²) in [5.41, 5.74) is 0.982. The van der Waals surface area contributed by atoms with E-state index in [1.165, 1.54) is 6.07 Å². The standard InChI is InChI=1S/C31H17F6N6.Pt/c32-30(33,34)19-17-38-43(18-19)28-14-6-12-25(40-28)29(22-9-3-1-7-20(22)21-8-2-4-10-23(21)29)24-11-5-13-27(39-24)42-16-15-26(41-42)31(35,36)37;/h1-15,17-18H;/q-1;. The third-order valence-electron chi connectivity index (χ3n) is 7.37. The van der Waals surface area contributed by atoms with Crippen molar-refractivity contribution in [3.05, 3.63) is 143 Å². The Hall–Kier alpha value is -4.57. The predicted molar refractivity (Wildman–Crippen MR) is 142 cm³/mol. The van der Waals surface area contributed by atoms with E-state index in [-0.39, 0.29) is 32.7 Å². The molecule has 0 unspecified atom stereocenters. The molecule has 7 rings (SSSR count). The third-order valence-corrected chi connectivity index (χ3v) is 7.37. The Morgan fingerprint density at radius 3 is 1.77 bits per heavy atom. The van der Waals surface area contributed by atoms with Crippen molar-refractivity contribution < 1.29 is 47.4 Å². The van der Waals surface area contributed by atoms with Gasteiger partial charge < -0.3 is 4.68 Å². The van der Waals surface area contributed by atoms with Crippen molar-refractivity contribution in [2.75, 3.05) is 0 Å². The van der Waals surface area contributed by atoms with Gasteiger partial charge in [0.05, 0.1) is 29.0 Å². The fraction of sp³-hybridized carbons (Fsp3) is 0.0968. The van der Waals surface area contributed by atoms with Crippen molar-refractivity contribution in [1.82, 2.24) is 29.5 Å². The molecule has 0 radical (unpaired) electrons. The van der Waals surface area contributed by atoms with Crippen LogP contribution in [-0.4, -0.2) is 29.5 Å². The quantitative estimate of drug-likeness (QED) is 0.142. The molecule has 1 aliphatic rings. The molecule has 6 aromatic rings. The van der Waals surface area contributed by atoms with Gasteiger partial charge in [0.1, 0.15) is 5.41 Å². The number of hydrogen-bond donors (Lipinski definition) is 0. The summed E-state index contributed by atoms with van der Waals surface area (Å²) in [4.78, 5) is 9.62. The van der Waals surface area contributed by atoms with Crippen LogP contribution in [0.3, 0.4) is 0 Å². The van der Waals surface area contributed by atoms with Gasteiger partial charge in [-0.3, -0.25) is 10.1 Å². The molecule has 2 aromatic carbocycles. The molecule has 0 amide bonds. The van der Waals surface area contributed by atoms with Gasteiger partial charge in [-0.2, -0.15) is 31.4 Å². The molecule has 0 N–H and O–H groups in total. The monoisotopic (exact) mass is 782 g/mol. The summed E-state index contributed by atoms with van der Waals surface area (Å²) in [6.45, 7) is 0. The molecule has 0 fully saturated rings. The molecule has 0 bridgehead atoms. The van der Waals surface area contributed by atoms with Gasteiger partial charge in [0.2, 0.25) is 0 Å². The maximum atomic E-state index is 13.3. The number of halogens is 6. The number of hydrogen-bond acceptors (Lipinski definition) is 4. The number of rotatable bonds is 4. The maximum absolute atomic E-state index is 13.3. The third kappa shape index (κ3) is 4.64. The normalized spacial score (nSPS) is 13.7. The van der Waals surface area contributed by atoms with Crippen LogP contribution in [0.1, 0.15) is 33.8 Å². The molecule has 0 spiro atoms. The zero-order valence-corrected chi connectivity index (χ0v) is 24.4. The van der Waals surface area contributed by atoms with Crippen LogP contribution in [-0.2, 0) is 38.8 Å². The van der Waals surface area contributed by atoms with Crippen molar-refractivity contribution in [2.24, 2.45) is 0 Å². The molecule has 44 heavy (non-hydrogen) atoms. The summed E-state index contributed by atoms with van der Waals surface area (Å²) in [6, 6.07) is 25.8. The van der Waals surface area contributed by atoms with E-state index >= 15 is 0 Å². The van der Waals surface area contributed by atoms with Crippen LogP contribution in [0.5, 0.6) is 0 Å². The summed E-state index contributed by atoms with van der Waals surface area (Å²) in [5, 5.41) is 7.53. The van der Waals surface area contributed by atoms with Gasteiger partial charge in [0.25, 0.3) is 0 Å². The molecule has 0 saturated carbocycles. The minimum atomic E-state index is -4.66. The molecule has 1 aliphatic carbocycles. The smallest absolute Gasteiger partial charge is 0.343 e. The summed E-state index contributed by atoms with van der Waals surface area (Å²) < 4.78 is 81.9. The minimum Gasteiger partial charge on any atom is -0.343 e. The number of fused-ring (bicyclic) bond motifs is 3. The molecule has 6 nitrogen and oxygen atoms in total. The van der Waals surface area contributed by atoms with Crippen LogP contribution in [0.2, 0.25) is 0 Å². The summed E-state index contributed by atoms with van der Waals surface area (Å²) in [7, 11) is 0. The van der Waals surface area contributed by atoms with Crippen LogP contribution in [0, 0.1) is 6.20 Å². The first kappa shape index (κ1) is 29.5. The SMILES string of the molecule is FC(F)(F)c1cnn(-c2cccc(C3(c4cccc(-n5[c-]cc(C(F)(F)F)n5)n4)c4ccccc4-c4ccccc43)n2)c1.[Pt]. The van der Waals surface area contributed by atoms with Crippen molar-refractivity contribution in [3.63, 3.8) is 0 Å². The molecule has 224 valence electrons. The number of benzene rings is 2. The molecular weight excluding hydrogens is 765 g/mol. The van der Waals surface area contributed by atoms with E-state index in [0.717, 1.165) is 50.1 Å². The Balaban J connectivity index is 0.00000343. The van der Waals surface area contributed by atoms with Gasteiger partial charge in [0, 0.05) is 33.0 Å². The first-order valence-corrected chi connectivity index (χ1v) is 12.9. The second-order valence-electron chi connectivity index (χ2n) is 9.84. The Labute approximate surface area is 260 Å². The van der Waals surface area contributed by atoms with Gasteiger partial charge >= 0.3 is 12.4 Å². The molecule has 4 aromatic heterocycles. The van der Waals surface area contributed by atoms with E-state index in [9.17, 15) is 26.3 Å². The molecule has 4 heterocycles. The fourth-order valence-electron chi connectivity index (χ4n) is 5.57. The Bertz CT molecular complexity index is 1850. The summed E-state index contributed by atoms with van der Waals surface area (Å²) in [5.74, 6) is 0.230. The van der Waals surface area contributed by atoms with Crippen LogP contribution < -0.4 is 0 Å². The maximum Gasteiger partial charge on any atom is 0.419 e. The molecule has 0 atom stereocenters.